The molecule has 88 valence electrons. The molecule has 0 bridgehead atoms. The monoisotopic (exact) mass is 295 g/mol. The zero-order valence-electron chi connectivity index (χ0n) is 9.27. The standard InChI is InChI=1S/C12H11BrFN3/c1-17(12-6-11(13)15-8-16-12)7-9-3-2-4-10(14)5-9/h2-6,8H,7H2,1H3. The second-order valence-electron chi connectivity index (χ2n) is 3.68. The van der Waals surface area contributed by atoms with Crippen LogP contribution in [0.5, 0.6) is 0 Å². The topological polar surface area (TPSA) is 29.0 Å². The van der Waals surface area contributed by atoms with Gasteiger partial charge in [-0.1, -0.05) is 12.1 Å². The van der Waals surface area contributed by atoms with E-state index in [0.717, 1.165) is 16.0 Å². The van der Waals surface area contributed by atoms with Crippen molar-refractivity contribution in [1.29, 1.82) is 0 Å². The Morgan fingerprint density at radius 3 is 2.82 bits per heavy atom. The number of hydrogen-bond acceptors (Lipinski definition) is 3. The lowest BCUT2D eigenvalue weighted by atomic mass is 10.2. The molecule has 3 nitrogen and oxygen atoms in total. The Morgan fingerprint density at radius 2 is 2.12 bits per heavy atom. The smallest absolute Gasteiger partial charge is 0.133 e. The van der Waals surface area contributed by atoms with Gasteiger partial charge < -0.3 is 4.90 Å². The Hall–Kier alpha value is -1.49. The van der Waals surface area contributed by atoms with Gasteiger partial charge in [-0.15, -0.1) is 0 Å². The van der Waals surface area contributed by atoms with Gasteiger partial charge in [0.15, 0.2) is 0 Å². The van der Waals surface area contributed by atoms with Crippen LogP contribution >= 0.6 is 15.9 Å². The summed E-state index contributed by atoms with van der Waals surface area (Å²) in [5, 5.41) is 0. The lowest BCUT2D eigenvalue weighted by Crippen LogP contribution is -2.17. The normalized spacial score (nSPS) is 10.3. The minimum Gasteiger partial charge on any atom is -0.355 e. The summed E-state index contributed by atoms with van der Waals surface area (Å²) in [5.74, 6) is 0.566. The first kappa shape index (κ1) is 12.0. The van der Waals surface area contributed by atoms with Crippen molar-refractivity contribution in [3.05, 3.63) is 52.6 Å². The molecule has 0 saturated heterocycles. The molecule has 0 unspecified atom stereocenters. The lowest BCUT2D eigenvalue weighted by molar-refractivity contribution is 0.625. The summed E-state index contributed by atoms with van der Waals surface area (Å²) in [6, 6.07) is 8.36. The van der Waals surface area contributed by atoms with Crippen LogP contribution in [0.3, 0.4) is 0 Å². The average molecular weight is 296 g/mol. The zero-order valence-corrected chi connectivity index (χ0v) is 10.9. The molecular formula is C12H11BrFN3. The van der Waals surface area contributed by atoms with Gasteiger partial charge in [-0.2, -0.15) is 0 Å². The Kier molecular flexibility index (Phi) is 3.68. The van der Waals surface area contributed by atoms with E-state index in [1.54, 1.807) is 6.07 Å². The van der Waals surface area contributed by atoms with Gasteiger partial charge in [-0.25, -0.2) is 14.4 Å². The highest BCUT2D eigenvalue weighted by Gasteiger charge is 2.05. The van der Waals surface area contributed by atoms with E-state index in [4.69, 9.17) is 0 Å². The van der Waals surface area contributed by atoms with Crippen LogP contribution in [-0.2, 0) is 6.54 Å². The maximum Gasteiger partial charge on any atom is 0.133 e. The maximum atomic E-state index is 13.0. The van der Waals surface area contributed by atoms with Crippen LogP contribution in [-0.4, -0.2) is 17.0 Å². The number of rotatable bonds is 3. The highest BCUT2D eigenvalue weighted by molar-refractivity contribution is 9.10. The molecular weight excluding hydrogens is 285 g/mol. The summed E-state index contributed by atoms with van der Waals surface area (Å²) in [7, 11) is 1.90. The molecule has 0 aliphatic carbocycles. The average Bonchev–Trinajstić information content (AvgIpc) is 2.29. The van der Waals surface area contributed by atoms with Gasteiger partial charge in [0.05, 0.1) is 0 Å². The van der Waals surface area contributed by atoms with Crippen LogP contribution in [0, 0.1) is 5.82 Å². The number of benzene rings is 1. The van der Waals surface area contributed by atoms with E-state index >= 15 is 0 Å². The van der Waals surface area contributed by atoms with Gasteiger partial charge in [-0.3, -0.25) is 0 Å². The van der Waals surface area contributed by atoms with Crippen molar-refractivity contribution < 1.29 is 4.39 Å². The molecule has 0 fully saturated rings. The van der Waals surface area contributed by atoms with E-state index in [1.165, 1.54) is 18.5 Å². The highest BCUT2D eigenvalue weighted by Crippen LogP contribution is 2.16. The van der Waals surface area contributed by atoms with Crippen LogP contribution in [0.1, 0.15) is 5.56 Å². The second kappa shape index (κ2) is 5.23. The summed E-state index contributed by atoms with van der Waals surface area (Å²) in [5.41, 5.74) is 0.905. The summed E-state index contributed by atoms with van der Waals surface area (Å²) in [4.78, 5) is 10.0. The van der Waals surface area contributed by atoms with Crippen molar-refractivity contribution in [1.82, 2.24) is 9.97 Å². The highest BCUT2D eigenvalue weighted by atomic mass is 79.9. The molecule has 2 aromatic rings. The summed E-state index contributed by atoms with van der Waals surface area (Å²) in [6.07, 6.45) is 1.49. The van der Waals surface area contributed by atoms with Crippen LogP contribution in [0.4, 0.5) is 10.2 Å². The van der Waals surface area contributed by atoms with Gasteiger partial charge in [0.1, 0.15) is 22.6 Å². The van der Waals surface area contributed by atoms with Crippen molar-refractivity contribution in [2.24, 2.45) is 0 Å². The summed E-state index contributed by atoms with van der Waals surface area (Å²) in [6.45, 7) is 0.598. The molecule has 5 heteroatoms. The van der Waals surface area contributed by atoms with Crippen LogP contribution < -0.4 is 4.90 Å². The number of halogens is 2. The van der Waals surface area contributed by atoms with E-state index in [1.807, 2.05) is 24.1 Å². The van der Waals surface area contributed by atoms with Gasteiger partial charge in [0.25, 0.3) is 0 Å². The first-order valence-electron chi connectivity index (χ1n) is 5.08. The van der Waals surface area contributed by atoms with Gasteiger partial charge in [-0.05, 0) is 33.6 Å². The minimum absolute atomic E-state index is 0.222. The van der Waals surface area contributed by atoms with Crippen molar-refractivity contribution >= 4 is 21.7 Å². The fraction of sp³-hybridized carbons (Fsp3) is 0.167. The number of nitrogens with zero attached hydrogens (tertiary/aromatic N) is 3. The van der Waals surface area contributed by atoms with Crippen molar-refractivity contribution in [3.8, 4) is 0 Å². The molecule has 0 atom stereocenters. The molecule has 0 spiro atoms. The van der Waals surface area contributed by atoms with E-state index in [2.05, 4.69) is 25.9 Å². The van der Waals surface area contributed by atoms with Gasteiger partial charge in [0.2, 0.25) is 0 Å². The molecule has 1 aromatic heterocycles. The van der Waals surface area contributed by atoms with Gasteiger partial charge in [0, 0.05) is 19.7 Å². The van der Waals surface area contributed by atoms with E-state index < -0.39 is 0 Å². The predicted octanol–water partition coefficient (Wildman–Crippen LogP) is 3.01. The van der Waals surface area contributed by atoms with Crippen LogP contribution in [0.2, 0.25) is 0 Å². The van der Waals surface area contributed by atoms with E-state index in [0.29, 0.717) is 6.54 Å². The maximum absolute atomic E-state index is 13.0. The van der Waals surface area contributed by atoms with Gasteiger partial charge >= 0.3 is 0 Å². The second-order valence-corrected chi connectivity index (χ2v) is 4.50. The first-order valence-corrected chi connectivity index (χ1v) is 5.87. The predicted molar refractivity (Wildman–Crippen MR) is 68.2 cm³/mol. The molecule has 0 aliphatic rings. The Balaban J connectivity index is 2.14. The molecule has 1 aromatic carbocycles. The number of aromatic nitrogens is 2. The van der Waals surface area contributed by atoms with Crippen molar-refractivity contribution in [2.45, 2.75) is 6.54 Å². The van der Waals surface area contributed by atoms with E-state index in [9.17, 15) is 4.39 Å². The molecule has 0 radical (unpaired) electrons. The third kappa shape index (κ3) is 3.23. The minimum atomic E-state index is -0.222. The molecule has 0 aliphatic heterocycles. The van der Waals surface area contributed by atoms with Crippen LogP contribution in [0.25, 0.3) is 0 Å². The Bertz CT molecular complexity index is 519. The van der Waals surface area contributed by atoms with E-state index in [-0.39, 0.29) is 5.82 Å². The lowest BCUT2D eigenvalue weighted by Gasteiger charge is -2.18. The largest absolute Gasteiger partial charge is 0.355 e. The van der Waals surface area contributed by atoms with Crippen LogP contribution in [0.15, 0.2) is 41.3 Å². The molecule has 17 heavy (non-hydrogen) atoms. The Morgan fingerprint density at radius 1 is 1.29 bits per heavy atom. The number of anilines is 1. The molecule has 2 rings (SSSR count). The first-order chi connectivity index (χ1) is 8.15. The Labute approximate surface area is 107 Å². The molecule has 0 saturated carbocycles. The third-order valence-electron chi connectivity index (χ3n) is 2.32. The fourth-order valence-corrected chi connectivity index (χ4v) is 1.82. The molecule has 1 heterocycles. The molecule has 0 N–H and O–H groups in total. The molecule has 0 amide bonds. The SMILES string of the molecule is CN(Cc1cccc(F)c1)c1cc(Br)ncn1. The third-order valence-corrected chi connectivity index (χ3v) is 2.75. The summed E-state index contributed by atoms with van der Waals surface area (Å²) < 4.78 is 13.8. The fourth-order valence-electron chi connectivity index (χ4n) is 1.52. The van der Waals surface area contributed by atoms with Crippen molar-refractivity contribution in [3.63, 3.8) is 0 Å². The number of hydrogen-bond donors (Lipinski definition) is 0. The zero-order chi connectivity index (χ0) is 12.3. The summed E-state index contributed by atoms with van der Waals surface area (Å²) >= 11 is 3.29. The quantitative estimate of drug-likeness (QED) is 0.815. The van der Waals surface area contributed by atoms with Crippen molar-refractivity contribution in [2.75, 3.05) is 11.9 Å².